The van der Waals surface area contributed by atoms with Crippen LogP contribution in [0.5, 0.6) is 5.75 Å². The first-order valence-electron chi connectivity index (χ1n) is 15.1. The third-order valence-electron chi connectivity index (χ3n) is 8.80. The van der Waals surface area contributed by atoms with Crippen molar-refractivity contribution in [2.75, 3.05) is 31.6 Å². The molecule has 0 bridgehead atoms. The third kappa shape index (κ3) is 6.55. The standard InChI is InChI=1S/C35H44N2O2/c1-3-4-10-23-37(35(38)30-17-15-28(16-18-30)27-11-6-5-7-12-27)32-19-20-34(39-2)33(26-32)29-21-24-36(25-22-29)31-13-8-9-14-31/h5-7,11-12,15-20,26,29,31H,3-4,8-10,13-14,21-25H2,1-2H3. The Hall–Kier alpha value is -3.11. The molecule has 1 heterocycles. The number of rotatable bonds is 10. The normalized spacial score (nSPS) is 16.9. The van der Waals surface area contributed by atoms with Crippen LogP contribution in [0.25, 0.3) is 11.1 Å². The van der Waals surface area contributed by atoms with Crippen LogP contribution in [0.1, 0.15) is 86.6 Å². The first-order chi connectivity index (χ1) is 19.2. The molecule has 0 atom stereocenters. The molecule has 0 unspecified atom stereocenters. The molecule has 0 N–H and O–H groups in total. The summed E-state index contributed by atoms with van der Waals surface area (Å²) < 4.78 is 5.84. The number of ether oxygens (including phenoxy) is 1. The fraction of sp³-hybridized carbons (Fsp3) is 0.457. The largest absolute Gasteiger partial charge is 0.496 e. The summed E-state index contributed by atoms with van der Waals surface area (Å²) in [6, 6.07) is 25.6. The average molecular weight is 525 g/mol. The summed E-state index contributed by atoms with van der Waals surface area (Å²) in [7, 11) is 1.77. The zero-order valence-electron chi connectivity index (χ0n) is 23.8. The summed E-state index contributed by atoms with van der Waals surface area (Å²) in [5, 5.41) is 0. The van der Waals surface area contributed by atoms with Crippen molar-refractivity contribution in [3.8, 4) is 16.9 Å². The van der Waals surface area contributed by atoms with Crippen molar-refractivity contribution in [3.05, 3.63) is 83.9 Å². The Morgan fingerprint density at radius 1 is 0.872 bits per heavy atom. The average Bonchev–Trinajstić information content (AvgIpc) is 3.55. The molecule has 2 fully saturated rings. The maximum Gasteiger partial charge on any atom is 0.258 e. The predicted molar refractivity (Wildman–Crippen MR) is 162 cm³/mol. The molecule has 5 rings (SSSR count). The minimum absolute atomic E-state index is 0.0675. The smallest absolute Gasteiger partial charge is 0.258 e. The van der Waals surface area contributed by atoms with Crippen LogP contribution < -0.4 is 9.64 Å². The summed E-state index contributed by atoms with van der Waals surface area (Å²) in [4.78, 5) is 18.6. The van der Waals surface area contributed by atoms with Gasteiger partial charge >= 0.3 is 0 Å². The molecule has 1 aliphatic heterocycles. The van der Waals surface area contributed by atoms with Crippen molar-refractivity contribution in [3.63, 3.8) is 0 Å². The van der Waals surface area contributed by atoms with Gasteiger partial charge in [-0.3, -0.25) is 4.79 Å². The van der Waals surface area contributed by atoms with Crippen molar-refractivity contribution in [2.45, 2.75) is 76.7 Å². The third-order valence-corrected chi connectivity index (χ3v) is 8.80. The highest BCUT2D eigenvalue weighted by Gasteiger charge is 2.29. The van der Waals surface area contributed by atoms with Crippen LogP contribution in [0.2, 0.25) is 0 Å². The number of carbonyl (C=O) groups excluding carboxylic acids is 1. The number of anilines is 1. The monoisotopic (exact) mass is 524 g/mol. The number of carbonyl (C=O) groups is 1. The molecule has 2 aliphatic rings. The molecule has 1 amide bonds. The zero-order valence-corrected chi connectivity index (χ0v) is 23.8. The molecule has 1 saturated carbocycles. The van der Waals surface area contributed by atoms with E-state index in [4.69, 9.17) is 4.74 Å². The van der Waals surface area contributed by atoms with Gasteiger partial charge in [0.25, 0.3) is 5.91 Å². The molecule has 0 radical (unpaired) electrons. The van der Waals surface area contributed by atoms with Crippen LogP contribution in [0.15, 0.2) is 72.8 Å². The molecular weight excluding hydrogens is 480 g/mol. The molecule has 1 saturated heterocycles. The molecule has 39 heavy (non-hydrogen) atoms. The quantitative estimate of drug-likeness (QED) is 0.250. The van der Waals surface area contributed by atoms with Crippen molar-refractivity contribution in [1.29, 1.82) is 0 Å². The van der Waals surface area contributed by atoms with Gasteiger partial charge in [-0.2, -0.15) is 0 Å². The molecule has 3 aromatic rings. The van der Waals surface area contributed by atoms with E-state index < -0.39 is 0 Å². The number of nitrogens with zero attached hydrogens (tertiary/aromatic N) is 2. The van der Waals surface area contributed by atoms with Gasteiger partial charge < -0.3 is 14.5 Å². The lowest BCUT2D eigenvalue weighted by molar-refractivity contribution is 0.0986. The van der Waals surface area contributed by atoms with E-state index in [-0.39, 0.29) is 5.91 Å². The predicted octanol–water partition coefficient (Wildman–Crippen LogP) is 8.32. The van der Waals surface area contributed by atoms with Gasteiger partial charge in [-0.1, -0.05) is 75.1 Å². The number of benzene rings is 3. The number of unbranched alkanes of at least 4 members (excludes halogenated alkanes) is 2. The van der Waals surface area contributed by atoms with E-state index in [1.165, 1.54) is 31.2 Å². The Morgan fingerprint density at radius 3 is 2.23 bits per heavy atom. The lowest BCUT2D eigenvalue weighted by atomic mass is 9.87. The lowest BCUT2D eigenvalue weighted by Gasteiger charge is -2.36. The molecule has 3 aromatic carbocycles. The summed E-state index contributed by atoms with van der Waals surface area (Å²) in [5.41, 5.74) is 5.26. The fourth-order valence-corrected chi connectivity index (χ4v) is 6.51. The molecule has 4 heteroatoms. The molecule has 1 aliphatic carbocycles. The van der Waals surface area contributed by atoms with Crippen LogP contribution in [-0.2, 0) is 0 Å². The van der Waals surface area contributed by atoms with E-state index in [2.05, 4.69) is 54.3 Å². The second-order valence-corrected chi connectivity index (χ2v) is 11.3. The van der Waals surface area contributed by atoms with Gasteiger partial charge in [0.2, 0.25) is 0 Å². The van der Waals surface area contributed by atoms with Crippen molar-refractivity contribution >= 4 is 11.6 Å². The fourth-order valence-electron chi connectivity index (χ4n) is 6.51. The first-order valence-corrected chi connectivity index (χ1v) is 15.1. The maximum absolute atomic E-state index is 13.9. The zero-order chi connectivity index (χ0) is 27.0. The number of piperidine rings is 1. The Bertz CT molecular complexity index is 1190. The lowest BCUT2D eigenvalue weighted by Crippen LogP contribution is -2.39. The highest BCUT2D eigenvalue weighted by molar-refractivity contribution is 6.06. The molecular formula is C35H44N2O2. The second kappa shape index (κ2) is 13.3. The Labute approximate surface area is 235 Å². The highest BCUT2D eigenvalue weighted by Crippen LogP contribution is 2.39. The van der Waals surface area contributed by atoms with E-state index in [0.29, 0.717) is 5.92 Å². The topological polar surface area (TPSA) is 32.8 Å². The number of hydrogen-bond acceptors (Lipinski definition) is 3. The van der Waals surface area contributed by atoms with Gasteiger partial charge in [-0.15, -0.1) is 0 Å². The number of methoxy groups -OCH3 is 1. The molecule has 206 valence electrons. The number of amides is 1. The van der Waals surface area contributed by atoms with Gasteiger partial charge in [-0.05, 0) is 98.1 Å². The minimum Gasteiger partial charge on any atom is -0.496 e. The highest BCUT2D eigenvalue weighted by atomic mass is 16.5. The number of likely N-dealkylation sites (tertiary alicyclic amines) is 1. The van der Waals surface area contributed by atoms with Gasteiger partial charge in [0, 0.05) is 23.8 Å². The van der Waals surface area contributed by atoms with E-state index in [0.717, 1.165) is 85.9 Å². The Kier molecular flexibility index (Phi) is 9.36. The van der Waals surface area contributed by atoms with E-state index in [1.807, 2.05) is 35.2 Å². The number of hydrogen-bond donors (Lipinski definition) is 0. The summed E-state index contributed by atoms with van der Waals surface area (Å²) in [6.07, 6.45) is 11.0. The summed E-state index contributed by atoms with van der Waals surface area (Å²) in [5.74, 6) is 1.49. The van der Waals surface area contributed by atoms with Crippen LogP contribution in [0, 0.1) is 0 Å². The van der Waals surface area contributed by atoms with Crippen LogP contribution in [-0.4, -0.2) is 43.6 Å². The van der Waals surface area contributed by atoms with Gasteiger partial charge in [0.05, 0.1) is 7.11 Å². The van der Waals surface area contributed by atoms with Crippen LogP contribution >= 0.6 is 0 Å². The second-order valence-electron chi connectivity index (χ2n) is 11.3. The van der Waals surface area contributed by atoms with E-state index in [9.17, 15) is 4.79 Å². The Morgan fingerprint density at radius 2 is 1.56 bits per heavy atom. The van der Waals surface area contributed by atoms with Gasteiger partial charge in [-0.25, -0.2) is 0 Å². The summed E-state index contributed by atoms with van der Waals surface area (Å²) in [6.45, 7) is 5.25. The van der Waals surface area contributed by atoms with E-state index in [1.54, 1.807) is 7.11 Å². The van der Waals surface area contributed by atoms with Crippen LogP contribution in [0.4, 0.5) is 5.69 Å². The van der Waals surface area contributed by atoms with Gasteiger partial charge in [0.1, 0.15) is 5.75 Å². The SMILES string of the molecule is CCCCCN(C(=O)c1ccc(-c2ccccc2)cc1)c1ccc(OC)c(C2CCN(C3CCCC3)CC2)c1. The minimum atomic E-state index is 0.0675. The van der Waals surface area contributed by atoms with Crippen molar-refractivity contribution in [2.24, 2.45) is 0 Å². The molecule has 0 aromatic heterocycles. The van der Waals surface area contributed by atoms with Crippen LogP contribution in [0.3, 0.4) is 0 Å². The summed E-state index contributed by atoms with van der Waals surface area (Å²) >= 11 is 0. The van der Waals surface area contributed by atoms with Gasteiger partial charge in [0.15, 0.2) is 0 Å². The molecule has 0 spiro atoms. The van der Waals surface area contributed by atoms with Crippen molar-refractivity contribution < 1.29 is 9.53 Å². The Balaban J connectivity index is 1.37. The van der Waals surface area contributed by atoms with E-state index >= 15 is 0 Å². The first kappa shape index (κ1) is 27.5. The maximum atomic E-state index is 13.9. The molecule has 4 nitrogen and oxygen atoms in total. The van der Waals surface area contributed by atoms with Crippen molar-refractivity contribution in [1.82, 2.24) is 4.90 Å².